The zero-order valence-corrected chi connectivity index (χ0v) is 19.5. The number of benzene rings is 2. The molecule has 7 nitrogen and oxygen atoms in total. The first-order valence-electron chi connectivity index (χ1n) is 11.1. The number of rotatable bonds is 6. The first-order valence-corrected chi connectivity index (χ1v) is 11.5. The average Bonchev–Trinajstić information content (AvgIpc) is 2.84. The van der Waals surface area contributed by atoms with Gasteiger partial charge in [0.15, 0.2) is 0 Å². The summed E-state index contributed by atoms with van der Waals surface area (Å²) in [5.74, 6) is 0.0772. The molecule has 0 aliphatic carbocycles. The van der Waals surface area contributed by atoms with Crippen LogP contribution in [-0.4, -0.2) is 59.6 Å². The highest BCUT2D eigenvalue weighted by Gasteiger charge is 2.24. The summed E-state index contributed by atoms with van der Waals surface area (Å²) in [6.45, 7) is 7.13. The molecule has 0 bridgehead atoms. The van der Waals surface area contributed by atoms with Gasteiger partial charge in [-0.05, 0) is 47.9 Å². The van der Waals surface area contributed by atoms with Crippen LogP contribution in [0.2, 0.25) is 5.02 Å². The summed E-state index contributed by atoms with van der Waals surface area (Å²) >= 11 is 6.11. The minimum atomic E-state index is -0.543. The highest BCUT2D eigenvalue weighted by atomic mass is 35.5. The van der Waals surface area contributed by atoms with Crippen molar-refractivity contribution in [2.75, 3.05) is 31.1 Å². The summed E-state index contributed by atoms with van der Waals surface area (Å²) in [5.41, 5.74) is 5.95. The summed E-state index contributed by atoms with van der Waals surface area (Å²) in [4.78, 5) is 25.3. The molecule has 3 aromatic rings. The zero-order valence-electron chi connectivity index (χ0n) is 18.8. The standard InChI is InChI=1S/C25H28ClN5O2/c1-17(2)18-3-5-19(6-4-18)25(32)28-16-24(29-33)31-13-11-30(12-14-31)23-9-10-27-22-15-20(26)7-8-21(22)23/h3-10,15-17,24,29,33H,11-14H2,1-2H3. The molecular formula is C25H28ClN5O2. The number of amides is 1. The van der Waals surface area contributed by atoms with Gasteiger partial charge in [-0.25, -0.2) is 4.99 Å². The maximum Gasteiger partial charge on any atom is 0.276 e. The van der Waals surface area contributed by atoms with Gasteiger partial charge in [0.25, 0.3) is 5.91 Å². The molecule has 1 fully saturated rings. The van der Waals surface area contributed by atoms with Crippen molar-refractivity contribution in [3.05, 3.63) is 70.9 Å². The third-order valence-electron chi connectivity index (χ3n) is 6.02. The van der Waals surface area contributed by atoms with Crippen molar-refractivity contribution in [1.82, 2.24) is 15.4 Å². The van der Waals surface area contributed by atoms with Crippen LogP contribution in [0.25, 0.3) is 10.9 Å². The lowest BCUT2D eigenvalue weighted by molar-refractivity contribution is 0.0663. The van der Waals surface area contributed by atoms with E-state index in [-0.39, 0.29) is 5.91 Å². The summed E-state index contributed by atoms with van der Waals surface area (Å²) < 4.78 is 0. The number of carbonyl (C=O) groups excluding carboxylic acids is 1. The first-order chi connectivity index (χ1) is 16.0. The van der Waals surface area contributed by atoms with E-state index in [4.69, 9.17) is 11.6 Å². The van der Waals surface area contributed by atoms with Crippen LogP contribution in [0.3, 0.4) is 0 Å². The molecule has 2 aromatic carbocycles. The second kappa shape index (κ2) is 10.4. The smallest absolute Gasteiger partial charge is 0.276 e. The number of aliphatic imine (C=N–C) groups is 1. The number of hydrogen-bond donors (Lipinski definition) is 2. The Morgan fingerprint density at radius 1 is 1.12 bits per heavy atom. The van der Waals surface area contributed by atoms with E-state index in [9.17, 15) is 10.0 Å². The molecule has 0 saturated carbocycles. The fourth-order valence-corrected chi connectivity index (χ4v) is 4.22. The van der Waals surface area contributed by atoms with Crippen LogP contribution in [0.1, 0.15) is 35.7 Å². The summed E-state index contributed by atoms with van der Waals surface area (Å²) in [6.07, 6.45) is 2.72. The van der Waals surface area contributed by atoms with Crippen molar-refractivity contribution in [2.24, 2.45) is 4.99 Å². The van der Waals surface area contributed by atoms with Crippen molar-refractivity contribution in [3.63, 3.8) is 0 Å². The molecule has 0 radical (unpaired) electrons. The van der Waals surface area contributed by atoms with E-state index < -0.39 is 6.17 Å². The molecule has 1 unspecified atom stereocenters. The van der Waals surface area contributed by atoms with E-state index in [2.05, 4.69) is 39.1 Å². The molecule has 4 rings (SSSR count). The number of anilines is 1. The number of hydrogen-bond acceptors (Lipinski definition) is 6. The van der Waals surface area contributed by atoms with Crippen LogP contribution in [0.5, 0.6) is 0 Å². The van der Waals surface area contributed by atoms with Crippen molar-refractivity contribution in [1.29, 1.82) is 0 Å². The Morgan fingerprint density at radius 2 is 1.85 bits per heavy atom. The van der Waals surface area contributed by atoms with Crippen LogP contribution in [0.4, 0.5) is 5.69 Å². The van der Waals surface area contributed by atoms with Crippen LogP contribution in [0, 0.1) is 0 Å². The molecule has 8 heteroatoms. The van der Waals surface area contributed by atoms with Crippen LogP contribution in [0.15, 0.2) is 59.7 Å². The van der Waals surface area contributed by atoms with Gasteiger partial charge in [-0.3, -0.25) is 14.7 Å². The SMILES string of the molecule is CC(C)c1ccc(C(=O)N=CC(NO)N2CCN(c3ccnc4cc(Cl)ccc34)CC2)cc1. The molecule has 1 aliphatic rings. The van der Waals surface area contributed by atoms with E-state index in [1.54, 1.807) is 18.3 Å². The van der Waals surface area contributed by atoms with Crippen LogP contribution >= 0.6 is 11.6 Å². The number of nitrogens with zero attached hydrogens (tertiary/aromatic N) is 4. The Hall–Kier alpha value is -2.84. The molecule has 2 heterocycles. The third-order valence-corrected chi connectivity index (χ3v) is 6.25. The van der Waals surface area contributed by atoms with E-state index in [0.717, 1.165) is 29.7 Å². The number of piperazine rings is 1. The van der Waals surface area contributed by atoms with Crippen molar-refractivity contribution in [3.8, 4) is 0 Å². The van der Waals surface area contributed by atoms with Crippen molar-refractivity contribution in [2.45, 2.75) is 25.9 Å². The second-order valence-electron chi connectivity index (χ2n) is 8.45. The first kappa shape index (κ1) is 23.3. The van der Waals surface area contributed by atoms with Gasteiger partial charge in [0, 0.05) is 60.3 Å². The number of pyridine rings is 1. The molecule has 1 saturated heterocycles. The van der Waals surface area contributed by atoms with Gasteiger partial charge in [-0.2, -0.15) is 5.48 Å². The van der Waals surface area contributed by atoms with E-state index in [1.165, 1.54) is 11.8 Å². The maximum atomic E-state index is 12.5. The summed E-state index contributed by atoms with van der Waals surface area (Å²) in [6, 6.07) is 15.2. The van der Waals surface area contributed by atoms with Gasteiger partial charge in [0.2, 0.25) is 0 Å². The van der Waals surface area contributed by atoms with Crippen LogP contribution < -0.4 is 10.4 Å². The fraction of sp³-hybridized carbons (Fsp3) is 0.320. The van der Waals surface area contributed by atoms with Crippen molar-refractivity contribution < 1.29 is 10.0 Å². The van der Waals surface area contributed by atoms with Gasteiger partial charge in [0.05, 0.1) is 5.52 Å². The van der Waals surface area contributed by atoms with Crippen LogP contribution in [-0.2, 0) is 0 Å². The highest BCUT2D eigenvalue weighted by Crippen LogP contribution is 2.28. The Kier molecular flexibility index (Phi) is 7.35. The minimum Gasteiger partial charge on any atom is -0.368 e. The fourth-order valence-electron chi connectivity index (χ4n) is 4.06. The lowest BCUT2D eigenvalue weighted by Crippen LogP contribution is -2.55. The number of halogens is 1. The Labute approximate surface area is 198 Å². The van der Waals surface area contributed by atoms with Gasteiger partial charge in [-0.1, -0.05) is 37.6 Å². The zero-order chi connectivity index (χ0) is 23.4. The number of hydroxylamine groups is 1. The third kappa shape index (κ3) is 5.39. The molecule has 1 aliphatic heterocycles. The number of aromatic nitrogens is 1. The number of nitrogens with one attached hydrogen (secondary N) is 1. The molecule has 1 aromatic heterocycles. The monoisotopic (exact) mass is 465 g/mol. The normalized spacial score (nSPS) is 16.1. The van der Waals surface area contributed by atoms with Crippen molar-refractivity contribution >= 4 is 40.3 Å². The van der Waals surface area contributed by atoms with E-state index in [0.29, 0.717) is 29.6 Å². The predicted octanol–water partition coefficient (Wildman–Crippen LogP) is 4.35. The number of carbonyl (C=O) groups is 1. The maximum absolute atomic E-state index is 12.5. The van der Waals surface area contributed by atoms with E-state index in [1.807, 2.05) is 36.4 Å². The molecule has 172 valence electrons. The molecule has 1 amide bonds. The average molecular weight is 466 g/mol. The van der Waals surface area contributed by atoms with Gasteiger partial charge < -0.3 is 10.1 Å². The predicted molar refractivity (Wildman–Crippen MR) is 133 cm³/mol. The highest BCUT2D eigenvalue weighted by molar-refractivity contribution is 6.31. The molecular weight excluding hydrogens is 438 g/mol. The van der Waals surface area contributed by atoms with Gasteiger partial charge in [0.1, 0.15) is 6.17 Å². The van der Waals surface area contributed by atoms with Gasteiger partial charge in [-0.15, -0.1) is 0 Å². The van der Waals surface area contributed by atoms with E-state index >= 15 is 0 Å². The Balaban J connectivity index is 1.39. The molecule has 0 spiro atoms. The molecule has 2 N–H and O–H groups in total. The Morgan fingerprint density at radius 3 is 2.52 bits per heavy atom. The quantitative estimate of drug-likeness (QED) is 0.416. The largest absolute Gasteiger partial charge is 0.368 e. The summed E-state index contributed by atoms with van der Waals surface area (Å²) in [7, 11) is 0. The molecule has 1 atom stereocenters. The Bertz CT molecular complexity index is 1140. The lowest BCUT2D eigenvalue weighted by Gasteiger charge is -2.38. The van der Waals surface area contributed by atoms with Gasteiger partial charge >= 0.3 is 0 Å². The summed E-state index contributed by atoms with van der Waals surface area (Å²) in [5, 5.41) is 11.4. The second-order valence-corrected chi connectivity index (χ2v) is 8.88. The topological polar surface area (TPSA) is 81.1 Å². The molecule has 33 heavy (non-hydrogen) atoms. The number of fused-ring (bicyclic) bond motifs is 1. The minimum absolute atomic E-state index is 0.328. The lowest BCUT2D eigenvalue weighted by atomic mass is 10.0.